The van der Waals surface area contributed by atoms with Crippen molar-refractivity contribution < 1.29 is 41.8 Å². The molecule has 4 aromatic rings. The van der Waals surface area contributed by atoms with Gasteiger partial charge in [0.15, 0.2) is 0 Å². The molecule has 1 aliphatic heterocycles. The number of nitrogens with one attached hydrogen (secondary N) is 3. The number of halogens is 1. The van der Waals surface area contributed by atoms with Gasteiger partial charge >= 0.3 is 6.09 Å². The highest BCUT2D eigenvalue weighted by atomic mass is 79.9. The first kappa shape index (κ1) is 44.1. The Morgan fingerprint density at radius 3 is 2.32 bits per heavy atom. The standard InChI is InChI=1S/C44H50BrN5O9S/c1-9-27-24-44(27,40(53)49-60(55,56)31-17-13-16-28(45)20-31)48-38(51)35-22-30(25-50(35)39(52)37(42(2,3)4)47-41(54)59-43(5,6)7)58-36-23-33(26-14-11-10-12-15-26)46-34-21-29(57-8)18-19-32(34)36/h9-21,23,27,30,35,37H,1,22,24-25H2,2-8H3,(H,47,54)(H,48,51)(H,49,53)/t27-,30-,35+,37-,44-/m1/s1. The van der Waals surface area contributed by atoms with Gasteiger partial charge in [-0.15, -0.1) is 6.58 Å². The second-order valence-corrected chi connectivity index (χ2v) is 19.7. The van der Waals surface area contributed by atoms with Gasteiger partial charge in [0.2, 0.25) is 11.8 Å². The number of carbonyl (C=O) groups is 4. The van der Waals surface area contributed by atoms with E-state index in [1.807, 2.05) is 36.4 Å². The van der Waals surface area contributed by atoms with Crippen molar-refractivity contribution in [3.8, 4) is 22.8 Å². The number of rotatable bonds is 12. The van der Waals surface area contributed by atoms with E-state index in [9.17, 15) is 27.6 Å². The molecular formula is C44H50BrN5O9S. The molecular weight excluding hydrogens is 854 g/mol. The molecule has 3 aromatic carbocycles. The zero-order chi connectivity index (χ0) is 43.8. The van der Waals surface area contributed by atoms with Crippen LogP contribution in [0, 0.1) is 11.3 Å². The lowest BCUT2D eigenvalue weighted by atomic mass is 9.85. The SMILES string of the molecule is C=C[C@@H]1C[C@]1(NC(=O)[C@@H]1C[C@@H](Oc2cc(-c3ccccc3)nc3cc(OC)ccc23)CN1C(=O)[C@@H](NC(=O)OC(C)(C)C)C(C)(C)C)C(=O)NS(=O)(=O)c1cccc(Br)c1. The number of alkyl carbamates (subject to hydrolysis) is 1. The number of fused-ring (bicyclic) bond motifs is 1. The third-order valence-electron chi connectivity index (χ3n) is 10.3. The fraction of sp³-hybridized carbons (Fsp3) is 0.386. The molecule has 1 saturated carbocycles. The fourth-order valence-electron chi connectivity index (χ4n) is 7.20. The number of pyridine rings is 1. The van der Waals surface area contributed by atoms with Crippen molar-refractivity contribution in [1.29, 1.82) is 0 Å². The maximum absolute atomic E-state index is 14.8. The molecule has 6 rings (SSSR count). The number of hydrogen-bond donors (Lipinski definition) is 3. The summed E-state index contributed by atoms with van der Waals surface area (Å²) in [6, 6.07) is 20.2. The van der Waals surface area contributed by atoms with Crippen molar-refractivity contribution in [1.82, 2.24) is 25.2 Å². The Hall–Kier alpha value is -5.48. The number of ether oxygens (including phenoxy) is 3. The number of sulfonamides is 1. The minimum Gasteiger partial charge on any atom is -0.497 e. The van der Waals surface area contributed by atoms with E-state index in [2.05, 4.69) is 37.9 Å². The Morgan fingerprint density at radius 2 is 1.70 bits per heavy atom. The molecule has 2 fully saturated rings. The lowest BCUT2D eigenvalue weighted by Crippen LogP contribution is -2.60. The molecule has 4 amide bonds. The van der Waals surface area contributed by atoms with Crippen LogP contribution in [-0.2, 0) is 29.1 Å². The average Bonchev–Trinajstić information content (AvgIpc) is 3.74. The smallest absolute Gasteiger partial charge is 0.408 e. The molecule has 60 heavy (non-hydrogen) atoms. The Bertz CT molecular complexity index is 2430. The molecule has 0 spiro atoms. The molecule has 3 N–H and O–H groups in total. The van der Waals surface area contributed by atoms with Crippen molar-refractivity contribution in [2.45, 2.75) is 88.6 Å². The normalized spacial score (nSPS) is 20.7. The number of amides is 4. The Morgan fingerprint density at radius 1 is 0.983 bits per heavy atom. The zero-order valence-electron chi connectivity index (χ0n) is 34.6. The average molecular weight is 905 g/mol. The topological polar surface area (TPSA) is 182 Å². The number of likely N-dealkylation sites (tertiary alicyclic amines) is 1. The maximum atomic E-state index is 14.8. The molecule has 0 unspecified atom stereocenters. The third kappa shape index (κ3) is 9.76. The van der Waals surface area contributed by atoms with Crippen molar-refractivity contribution in [2.24, 2.45) is 11.3 Å². The monoisotopic (exact) mass is 903 g/mol. The van der Waals surface area contributed by atoms with Crippen LogP contribution in [0.25, 0.3) is 22.2 Å². The van der Waals surface area contributed by atoms with Crippen LogP contribution >= 0.6 is 15.9 Å². The molecule has 0 bridgehead atoms. The molecule has 1 aromatic heterocycles. The van der Waals surface area contributed by atoms with E-state index >= 15 is 0 Å². The van der Waals surface area contributed by atoms with Crippen LogP contribution in [0.15, 0.2) is 101 Å². The van der Waals surface area contributed by atoms with Crippen LogP contribution in [-0.4, -0.2) is 85.1 Å². The second-order valence-electron chi connectivity index (χ2n) is 17.1. The predicted octanol–water partition coefficient (Wildman–Crippen LogP) is 6.53. The highest BCUT2D eigenvalue weighted by Crippen LogP contribution is 2.45. The van der Waals surface area contributed by atoms with Gasteiger partial charge in [-0.1, -0.05) is 79.2 Å². The first-order valence-corrected chi connectivity index (χ1v) is 21.7. The van der Waals surface area contributed by atoms with Crippen molar-refractivity contribution in [3.05, 3.63) is 96.0 Å². The van der Waals surface area contributed by atoms with E-state index in [4.69, 9.17) is 19.2 Å². The number of benzene rings is 3. The summed E-state index contributed by atoms with van der Waals surface area (Å²) >= 11 is 3.26. The predicted molar refractivity (Wildman–Crippen MR) is 230 cm³/mol. The summed E-state index contributed by atoms with van der Waals surface area (Å²) in [5, 5.41) is 6.19. The Balaban J connectivity index is 1.35. The molecule has 1 aliphatic carbocycles. The minimum absolute atomic E-state index is 0.0195. The van der Waals surface area contributed by atoms with Crippen LogP contribution in [0.3, 0.4) is 0 Å². The lowest BCUT2D eigenvalue weighted by Gasteiger charge is -2.36. The number of aromatic nitrogens is 1. The van der Waals surface area contributed by atoms with Crippen LogP contribution in [0.4, 0.5) is 4.79 Å². The van der Waals surface area contributed by atoms with E-state index < -0.39 is 74.5 Å². The van der Waals surface area contributed by atoms with E-state index in [0.717, 1.165) is 5.56 Å². The number of methoxy groups -OCH3 is 1. The number of hydrogen-bond acceptors (Lipinski definition) is 10. The molecule has 16 heteroatoms. The first-order chi connectivity index (χ1) is 28.1. The van der Waals surface area contributed by atoms with Crippen molar-refractivity contribution >= 4 is 60.7 Å². The molecule has 318 valence electrons. The van der Waals surface area contributed by atoms with Gasteiger partial charge in [0.05, 0.1) is 29.8 Å². The third-order valence-corrected chi connectivity index (χ3v) is 12.2. The lowest BCUT2D eigenvalue weighted by molar-refractivity contribution is -0.143. The van der Waals surface area contributed by atoms with Crippen LogP contribution in [0.2, 0.25) is 0 Å². The summed E-state index contributed by atoms with van der Waals surface area (Å²) in [7, 11) is -2.78. The van der Waals surface area contributed by atoms with E-state index in [1.54, 1.807) is 72.9 Å². The fourth-order valence-corrected chi connectivity index (χ4v) is 8.83. The Kier molecular flexibility index (Phi) is 12.4. The molecule has 14 nitrogen and oxygen atoms in total. The molecule has 0 radical (unpaired) electrons. The zero-order valence-corrected chi connectivity index (χ0v) is 37.0. The summed E-state index contributed by atoms with van der Waals surface area (Å²) < 4.78 is 47.0. The van der Waals surface area contributed by atoms with Gasteiger partial charge in [-0.2, -0.15) is 0 Å². The number of nitrogens with zero attached hydrogens (tertiary/aromatic N) is 2. The summed E-state index contributed by atoms with van der Waals surface area (Å²) in [6.07, 6.45) is -0.0518. The van der Waals surface area contributed by atoms with Crippen LogP contribution in [0.1, 0.15) is 54.4 Å². The van der Waals surface area contributed by atoms with Gasteiger partial charge in [0, 0.05) is 39.9 Å². The molecule has 2 aliphatic rings. The molecule has 1 saturated heterocycles. The quantitative estimate of drug-likeness (QED) is 0.132. The highest BCUT2D eigenvalue weighted by molar-refractivity contribution is 9.10. The van der Waals surface area contributed by atoms with Crippen LogP contribution < -0.4 is 24.8 Å². The summed E-state index contributed by atoms with van der Waals surface area (Å²) in [6.45, 7) is 14.2. The van der Waals surface area contributed by atoms with Gasteiger partial charge in [-0.3, -0.25) is 14.4 Å². The van der Waals surface area contributed by atoms with Crippen molar-refractivity contribution in [2.75, 3.05) is 13.7 Å². The van der Waals surface area contributed by atoms with E-state index in [1.165, 1.54) is 29.2 Å². The van der Waals surface area contributed by atoms with Gasteiger partial charge < -0.3 is 29.7 Å². The second kappa shape index (κ2) is 16.9. The van der Waals surface area contributed by atoms with E-state index in [-0.39, 0.29) is 24.3 Å². The van der Waals surface area contributed by atoms with Gasteiger partial charge in [0.1, 0.15) is 40.8 Å². The summed E-state index contributed by atoms with van der Waals surface area (Å²) in [4.78, 5) is 62.4. The summed E-state index contributed by atoms with van der Waals surface area (Å²) in [5.41, 5.74) is -1.34. The number of carbonyl (C=O) groups excluding carboxylic acids is 4. The highest BCUT2D eigenvalue weighted by Gasteiger charge is 2.61. The maximum Gasteiger partial charge on any atom is 0.408 e. The molecule has 2 heterocycles. The van der Waals surface area contributed by atoms with Gasteiger partial charge in [-0.05, 0) is 62.9 Å². The minimum atomic E-state index is -4.34. The van der Waals surface area contributed by atoms with E-state index in [0.29, 0.717) is 32.6 Å². The molecule has 5 atom stereocenters. The van der Waals surface area contributed by atoms with Crippen molar-refractivity contribution in [3.63, 3.8) is 0 Å². The summed E-state index contributed by atoms with van der Waals surface area (Å²) in [5.74, 6) is -1.82. The first-order valence-electron chi connectivity index (χ1n) is 19.4. The van der Waals surface area contributed by atoms with Gasteiger partial charge in [0.25, 0.3) is 15.9 Å². The Labute approximate surface area is 358 Å². The van der Waals surface area contributed by atoms with Gasteiger partial charge in [-0.25, -0.2) is 22.9 Å². The van der Waals surface area contributed by atoms with Crippen LogP contribution in [0.5, 0.6) is 11.5 Å². The largest absolute Gasteiger partial charge is 0.497 e.